The van der Waals surface area contributed by atoms with E-state index in [1.165, 1.54) is 10.6 Å². The van der Waals surface area contributed by atoms with Crippen LogP contribution in [0.4, 0.5) is 5.69 Å². The molecular formula is C17H27N3O3S. The maximum atomic E-state index is 12.4. The van der Waals surface area contributed by atoms with Crippen molar-refractivity contribution >= 4 is 21.6 Å². The number of sulfonamides is 1. The Labute approximate surface area is 145 Å². The average molecular weight is 353 g/mol. The maximum absolute atomic E-state index is 12.4. The van der Waals surface area contributed by atoms with Gasteiger partial charge in [0.15, 0.2) is 0 Å². The van der Waals surface area contributed by atoms with Crippen molar-refractivity contribution in [3.05, 3.63) is 29.8 Å². The lowest BCUT2D eigenvalue weighted by Crippen LogP contribution is -2.49. The van der Waals surface area contributed by atoms with Crippen molar-refractivity contribution in [3.63, 3.8) is 0 Å². The number of carbonyl (C=O) groups is 1. The Morgan fingerprint density at radius 2 is 1.71 bits per heavy atom. The molecule has 7 heteroatoms. The summed E-state index contributed by atoms with van der Waals surface area (Å²) >= 11 is 0. The van der Waals surface area contributed by atoms with E-state index in [0.717, 1.165) is 38.3 Å². The van der Waals surface area contributed by atoms with Gasteiger partial charge < -0.3 is 9.80 Å². The zero-order valence-corrected chi connectivity index (χ0v) is 15.6. The summed E-state index contributed by atoms with van der Waals surface area (Å²) in [6.07, 6.45) is 1.38. The highest BCUT2D eigenvalue weighted by Crippen LogP contribution is 2.19. The molecule has 0 atom stereocenters. The fraction of sp³-hybridized carbons (Fsp3) is 0.588. The monoisotopic (exact) mass is 353 g/mol. The second kappa shape index (κ2) is 7.98. The Bertz CT molecular complexity index is 650. The van der Waals surface area contributed by atoms with Crippen molar-refractivity contribution in [1.29, 1.82) is 0 Å². The minimum Gasteiger partial charge on any atom is -0.340 e. The molecule has 0 spiro atoms. The van der Waals surface area contributed by atoms with Crippen LogP contribution in [0.25, 0.3) is 0 Å². The molecular weight excluding hydrogens is 326 g/mol. The molecule has 1 heterocycles. The Hall–Kier alpha value is -1.60. The smallest absolute Gasteiger partial charge is 0.232 e. The molecule has 0 unspecified atom stereocenters. The highest BCUT2D eigenvalue weighted by molar-refractivity contribution is 7.92. The van der Waals surface area contributed by atoms with Crippen LogP contribution in [0.1, 0.15) is 18.9 Å². The van der Waals surface area contributed by atoms with Gasteiger partial charge in [0.25, 0.3) is 0 Å². The fourth-order valence-electron chi connectivity index (χ4n) is 2.87. The van der Waals surface area contributed by atoms with Gasteiger partial charge in [-0.1, -0.05) is 24.6 Å². The van der Waals surface area contributed by atoms with Crippen LogP contribution in [0.5, 0.6) is 0 Å². The van der Waals surface area contributed by atoms with Gasteiger partial charge in [0, 0.05) is 39.1 Å². The number of carbonyl (C=O) groups excluding carboxylic acids is 1. The summed E-state index contributed by atoms with van der Waals surface area (Å²) in [5.74, 6) is 0.0199. The van der Waals surface area contributed by atoms with Gasteiger partial charge >= 0.3 is 0 Å². The minimum atomic E-state index is -3.42. The molecule has 0 radical (unpaired) electrons. The van der Waals surface area contributed by atoms with Gasteiger partial charge in [-0.05, 0) is 25.6 Å². The molecule has 1 saturated heterocycles. The Balaban J connectivity index is 1.98. The van der Waals surface area contributed by atoms with E-state index >= 15 is 0 Å². The van der Waals surface area contributed by atoms with Crippen LogP contribution < -0.4 is 4.31 Å². The van der Waals surface area contributed by atoms with E-state index in [-0.39, 0.29) is 18.9 Å². The first-order valence-electron chi connectivity index (χ1n) is 8.35. The number of amides is 1. The van der Waals surface area contributed by atoms with Crippen LogP contribution in [-0.2, 0) is 14.8 Å². The van der Waals surface area contributed by atoms with Gasteiger partial charge in [-0.15, -0.1) is 0 Å². The second-order valence-electron chi connectivity index (χ2n) is 6.24. The summed E-state index contributed by atoms with van der Waals surface area (Å²) in [7, 11) is -3.42. The van der Waals surface area contributed by atoms with Gasteiger partial charge in [-0.2, -0.15) is 0 Å². The number of benzene rings is 1. The molecule has 0 aromatic heterocycles. The van der Waals surface area contributed by atoms with Crippen molar-refractivity contribution in [2.45, 2.75) is 20.3 Å². The number of piperazine rings is 1. The molecule has 1 fully saturated rings. The van der Waals surface area contributed by atoms with Crippen molar-refractivity contribution in [2.75, 3.05) is 49.8 Å². The van der Waals surface area contributed by atoms with E-state index in [1.54, 1.807) is 12.1 Å². The van der Waals surface area contributed by atoms with Crippen molar-refractivity contribution < 1.29 is 13.2 Å². The number of nitrogens with zero attached hydrogens (tertiary/aromatic N) is 3. The van der Waals surface area contributed by atoms with E-state index in [1.807, 2.05) is 24.0 Å². The molecule has 134 valence electrons. The van der Waals surface area contributed by atoms with Crippen LogP contribution in [0.3, 0.4) is 0 Å². The van der Waals surface area contributed by atoms with Gasteiger partial charge in [0.1, 0.15) is 0 Å². The summed E-state index contributed by atoms with van der Waals surface area (Å²) in [5.41, 5.74) is 1.67. The number of anilines is 1. The first-order chi connectivity index (χ1) is 11.3. The molecule has 1 aromatic carbocycles. The Kier molecular flexibility index (Phi) is 6.23. The molecule has 6 nitrogen and oxygen atoms in total. The standard InChI is InChI=1S/C17H27N3O3S/c1-4-18-11-13-19(14-12-18)17(21)9-10-20(24(3,22)23)16-7-5-15(2)6-8-16/h5-8H,4,9-14H2,1-3H3. The number of hydrogen-bond acceptors (Lipinski definition) is 4. The lowest BCUT2D eigenvalue weighted by Gasteiger charge is -2.34. The second-order valence-corrected chi connectivity index (χ2v) is 8.14. The fourth-order valence-corrected chi connectivity index (χ4v) is 3.79. The largest absolute Gasteiger partial charge is 0.340 e. The van der Waals surface area contributed by atoms with Gasteiger partial charge in [0.05, 0.1) is 11.9 Å². The number of hydrogen-bond donors (Lipinski definition) is 0. The summed E-state index contributed by atoms with van der Waals surface area (Å²) in [4.78, 5) is 16.5. The van der Waals surface area contributed by atoms with E-state index in [0.29, 0.717) is 5.69 Å². The average Bonchev–Trinajstić information content (AvgIpc) is 2.55. The third-order valence-electron chi connectivity index (χ3n) is 4.42. The predicted molar refractivity (Wildman–Crippen MR) is 96.7 cm³/mol. The highest BCUT2D eigenvalue weighted by atomic mass is 32.2. The van der Waals surface area contributed by atoms with Gasteiger partial charge in [0.2, 0.25) is 15.9 Å². The van der Waals surface area contributed by atoms with Crippen LogP contribution in [-0.4, -0.2) is 69.6 Å². The molecule has 0 N–H and O–H groups in total. The summed E-state index contributed by atoms with van der Waals surface area (Å²) in [6.45, 7) is 8.45. The number of rotatable bonds is 6. The first kappa shape index (κ1) is 18.7. The molecule has 0 aliphatic carbocycles. The van der Waals surface area contributed by atoms with E-state index < -0.39 is 10.0 Å². The molecule has 1 aromatic rings. The molecule has 1 aliphatic rings. The predicted octanol–water partition coefficient (Wildman–Crippen LogP) is 1.32. The van der Waals surface area contributed by atoms with E-state index in [2.05, 4.69) is 11.8 Å². The zero-order valence-electron chi connectivity index (χ0n) is 14.7. The molecule has 1 amide bonds. The van der Waals surface area contributed by atoms with Gasteiger partial charge in [-0.3, -0.25) is 9.10 Å². The zero-order chi connectivity index (χ0) is 17.7. The van der Waals surface area contributed by atoms with Crippen molar-refractivity contribution in [2.24, 2.45) is 0 Å². The van der Waals surface area contributed by atoms with Gasteiger partial charge in [-0.25, -0.2) is 8.42 Å². The van der Waals surface area contributed by atoms with Crippen LogP contribution in [0.2, 0.25) is 0 Å². The third kappa shape index (κ3) is 4.95. The Morgan fingerprint density at radius 1 is 1.12 bits per heavy atom. The summed E-state index contributed by atoms with van der Waals surface area (Å²) in [5, 5.41) is 0. The summed E-state index contributed by atoms with van der Waals surface area (Å²) < 4.78 is 25.5. The van der Waals surface area contributed by atoms with Crippen LogP contribution in [0, 0.1) is 6.92 Å². The van der Waals surface area contributed by atoms with E-state index in [9.17, 15) is 13.2 Å². The topological polar surface area (TPSA) is 60.9 Å². The molecule has 24 heavy (non-hydrogen) atoms. The highest BCUT2D eigenvalue weighted by Gasteiger charge is 2.23. The quantitative estimate of drug-likeness (QED) is 0.774. The SMILES string of the molecule is CCN1CCN(C(=O)CCN(c2ccc(C)cc2)S(C)(=O)=O)CC1. The maximum Gasteiger partial charge on any atom is 0.232 e. The van der Waals surface area contributed by atoms with Crippen LogP contribution >= 0.6 is 0 Å². The lowest BCUT2D eigenvalue weighted by molar-refractivity contribution is -0.132. The Morgan fingerprint density at radius 3 is 2.21 bits per heavy atom. The molecule has 0 bridgehead atoms. The lowest BCUT2D eigenvalue weighted by atomic mass is 10.2. The molecule has 0 saturated carbocycles. The van der Waals surface area contributed by atoms with Crippen molar-refractivity contribution in [3.8, 4) is 0 Å². The third-order valence-corrected chi connectivity index (χ3v) is 5.62. The molecule has 2 rings (SSSR count). The normalized spacial score (nSPS) is 16.2. The minimum absolute atomic E-state index is 0.0199. The van der Waals surface area contributed by atoms with Crippen LogP contribution in [0.15, 0.2) is 24.3 Å². The summed E-state index contributed by atoms with van der Waals surface area (Å²) in [6, 6.07) is 7.31. The molecule has 1 aliphatic heterocycles. The van der Waals surface area contributed by atoms with Crippen molar-refractivity contribution in [1.82, 2.24) is 9.80 Å². The number of likely N-dealkylation sites (N-methyl/N-ethyl adjacent to an activating group) is 1. The first-order valence-corrected chi connectivity index (χ1v) is 10.2. The van der Waals surface area contributed by atoms with E-state index in [4.69, 9.17) is 0 Å². The number of aryl methyl sites for hydroxylation is 1.